The average molecular weight is 243 g/mol. The Hall–Kier alpha value is -1.65. The van der Waals surface area contributed by atoms with Crippen molar-refractivity contribution in [2.45, 2.75) is 19.3 Å². The Kier molecular flexibility index (Phi) is 2.89. The highest BCUT2D eigenvalue weighted by molar-refractivity contribution is 5.36. The number of imidazole rings is 1. The van der Waals surface area contributed by atoms with E-state index in [1.165, 1.54) is 16.7 Å². The number of benzene rings is 1. The number of rotatable bonds is 3. The van der Waals surface area contributed by atoms with Crippen LogP contribution in [0, 0.1) is 0 Å². The highest BCUT2D eigenvalue weighted by Crippen LogP contribution is 2.26. The molecule has 1 aromatic carbocycles. The first-order valence-corrected chi connectivity index (χ1v) is 6.13. The fraction of sp³-hybridized carbons (Fsp3) is 0.357. The smallest absolute Gasteiger partial charge is 0.130 e. The van der Waals surface area contributed by atoms with Gasteiger partial charge in [0.15, 0.2) is 0 Å². The monoisotopic (exact) mass is 243 g/mol. The summed E-state index contributed by atoms with van der Waals surface area (Å²) in [5.74, 6) is 1.02. The largest absolute Gasteiger partial charge is 0.372 e. The number of nitrogens with one attached hydrogen (secondary N) is 1. The van der Waals surface area contributed by atoms with E-state index in [-0.39, 0.29) is 6.04 Å². The molecule has 2 heterocycles. The van der Waals surface area contributed by atoms with E-state index in [4.69, 9.17) is 4.74 Å². The normalized spacial score (nSPS) is 15.7. The summed E-state index contributed by atoms with van der Waals surface area (Å²) in [5, 5.41) is 3.33. The minimum absolute atomic E-state index is 0.121. The van der Waals surface area contributed by atoms with Gasteiger partial charge >= 0.3 is 0 Å². The van der Waals surface area contributed by atoms with E-state index >= 15 is 0 Å². The van der Waals surface area contributed by atoms with Crippen LogP contribution in [0.25, 0.3) is 0 Å². The van der Waals surface area contributed by atoms with Gasteiger partial charge in [0, 0.05) is 19.4 Å². The minimum Gasteiger partial charge on any atom is -0.372 e. The Morgan fingerprint density at radius 3 is 2.89 bits per heavy atom. The second-order valence-electron chi connectivity index (χ2n) is 4.64. The zero-order chi connectivity index (χ0) is 12.5. The predicted octanol–water partition coefficient (Wildman–Crippen LogP) is 1.76. The number of ether oxygens (including phenoxy) is 1. The second kappa shape index (κ2) is 4.55. The summed E-state index contributed by atoms with van der Waals surface area (Å²) in [6.07, 6.45) is 3.80. The molecule has 0 aliphatic carbocycles. The van der Waals surface area contributed by atoms with Gasteiger partial charge in [-0.2, -0.15) is 0 Å². The topological polar surface area (TPSA) is 39.1 Å². The summed E-state index contributed by atoms with van der Waals surface area (Å²) in [4.78, 5) is 4.43. The van der Waals surface area contributed by atoms with Crippen LogP contribution in [-0.2, 0) is 25.0 Å². The highest BCUT2D eigenvalue weighted by atomic mass is 16.5. The molecule has 0 fully saturated rings. The molecule has 1 aliphatic rings. The molecule has 4 heteroatoms. The molecule has 1 N–H and O–H groups in total. The molecule has 94 valence electrons. The molecule has 0 saturated carbocycles. The van der Waals surface area contributed by atoms with Gasteiger partial charge in [-0.1, -0.05) is 18.2 Å². The highest BCUT2D eigenvalue weighted by Gasteiger charge is 2.19. The van der Waals surface area contributed by atoms with E-state index in [1.54, 1.807) is 0 Å². The average Bonchev–Trinajstić information content (AvgIpc) is 2.99. The van der Waals surface area contributed by atoms with Gasteiger partial charge in [-0.05, 0) is 23.7 Å². The SMILES string of the molecule is CNC(c1ccc2c(c1)COC2)c1nccn1C. The van der Waals surface area contributed by atoms with Crippen molar-refractivity contribution in [1.82, 2.24) is 14.9 Å². The van der Waals surface area contributed by atoms with E-state index in [0.29, 0.717) is 0 Å². The van der Waals surface area contributed by atoms with Gasteiger partial charge in [0.05, 0.1) is 19.3 Å². The molecular weight excluding hydrogens is 226 g/mol. The Morgan fingerprint density at radius 1 is 1.33 bits per heavy atom. The van der Waals surface area contributed by atoms with E-state index < -0.39 is 0 Å². The number of aryl methyl sites for hydroxylation is 1. The van der Waals surface area contributed by atoms with Crippen molar-refractivity contribution in [1.29, 1.82) is 0 Å². The Morgan fingerprint density at radius 2 is 2.17 bits per heavy atom. The Bertz CT molecular complexity index is 562. The molecule has 18 heavy (non-hydrogen) atoms. The van der Waals surface area contributed by atoms with Gasteiger partial charge in [0.25, 0.3) is 0 Å². The van der Waals surface area contributed by atoms with E-state index in [0.717, 1.165) is 19.0 Å². The maximum Gasteiger partial charge on any atom is 0.130 e. The number of aromatic nitrogens is 2. The lowest BCUT2D eigenvalue weighted by atomic mass is 10.0. The quantitative estimate of drug-likeness (QED) is 0.892. The summed E-state index contributed by atoms with van der Waals surface area (Å²) in [7, 11) is 3.98. The number of hydrogen-bond acceptors (Lipinski definition) is 3. The molecule has 0 amide bonds. The number of nitrogens with zero attached hydrogens (tertiary/aromatic N) is 2. The lowest BCUT2D eigenvalue weighted by Crippen LogP contribution is -2.21. The first-order chi connectivity index (χ1) is 8.79. The van der Waals surface area contributed by atoms with Gasteiger partial charge in [-0.3, -0.25) is 0 Å². The predicted molar refractivity (Wildman–Crippen MR) is 69.0 cm³/mol. The van der Waals surface area contributed by atoms with Crippen LogP contribution in [0.3, 0.4) is 0 Å². The lowest BCUT2D eigenvalue weighted by Gasteiger charge is -2.17. The fourth-order valence-corrected chi connectivity index (χ4v) is 2.47. The summed E-state index contributed by atoms with van der Waals surface area (Å²) in [6.45, 7) is 1.46. The maximum atomic E-state index is 5.46. The molecule has 1 aromatic heterocycles. The van der Waals surface area contributed by atoms with Gasteiger partial charge in [-0.25, -0.2) is 4.98 Å². The standard InChI is InChI=1S/C14H17N3O/c1-15-13(14-16-5-6-17(14)2)10-3-4-11-8-18-9-12(11)7-10/h3-7,13,15H,8-9H2,1-2H3. The summed E-state index contributed by atoms with van der Waals surface area (Å²) >= 11 is 0. The molecule has 3 rings (SSSR count). The van der Waals surface area contributed by atoms with Crippen LogP contribution in [0.5, 0.6) is 0 Å². The van der Waals surface area contributed by atoms with E-state index in [1.807, 2.05) is 31.1 Å². The molecule has 0 spiro atoms. The third kappa shape index (κ3) is 1.83. The Labute approximate surface area is 107 Å². The van der Waals surface area contributed by atoms with E-state index in [2.05, 4.69) is 28.5 Å². The van der Waals surface area contributed by atoms with Crippen molar-refractivity contribution in [3.63, 3.8) is 0 Å². The zero-order valence-corrected chi connectivity index (χ0v) is 10.7. The van der Waals surface area contributed by atoms with Crippen LogP contribution >= 0.6 is 0 Å². The molecule has 0 saturated heterocycles. The van der Waals surface area contributed by atoms with Crippen molar-refractivity contribution < 1.29 is 4.74 Å². The second-order valence-corrected chi connectivity index (χ2v) is 4.64. The van der Waals surface area contributed by atoms with Crippen molar-refractivity contribution >= 4 is 0 Å². The van der Waals surface area contributed by atoms with Crippen LogP contribution in [0.1, 0.15) is 28.6 Å². The third-order valence-corrected chi connectivity index (χ3v) is 3.48. The van der Waals surface area contributed by atoms with Gasteiger partial charge < -0.3 is 14.6 Å². The molecule has 1 atom stereocenters. The molecule has 1 aliphatic heterocycles. The zero-order valence-electron chi connectivity index (χ0n) is 10.7. The molecule has 0 bridgehead atoms. The maximum absolute atomic E-state index is 5.46. The summed E-state index contributed by atoms with van der Waals surface area (Å²) < 4.78 is 7.50. The summed E-state index contributed by atoms with van der Waals surface area (Å²) in [6, 6.07) is 6.66. The van der Waals surface area contributed by atoms with Crippen molar-refractivity contribution in [3.05, 3.63) is 53.1 Å². The molecule has 4 nitrogen and oxygen atoms in total. The number of hydrogen-bond donors (Lipinski definition) is 1. The lowest BCUT2D eigenvalue weighted by molar-refractivity contribution is 0.134. The van der Waals surface area contributed by atoms with Crippen molar-refractivity contribution in [2.75, 3.05) is 7.05 Å². The van der Waals surface area contributed by atoms with Crippen LogP contribution in [0.15, 0.2) is 30.6 Å². The molecule has 0 radical (unpaired) electrons. The van der Waals surface area contributed by atoms with Gasteiger partial charge in [0.1, 0.15) is 5.82 Å². The minimum atomic E-state index is 0.121. The van der Waals surface area contributed by atoms with Crippen molar-refractivity contribution in [2.24, 2.45) is 7.05 Å². The Balaban J connectivity index is 2.00. The molecular formula is C14H17N3O. The van der Waals surface area contributed by atoms with Crippen LogP contribution in [0.4, 0.5) is 0 Å². The number of fused-ring (bicyclic) bond motifs is 1. The van der Waals surface area contributed by atoms with Crippen LogP contribution in [-0.4, -0.2) is 16.6 Å². The van der Waals surface area contributed by atoms with Gasteiger partial charge in [0.2, 0.25) is 0 Å². The third-order valence-electron chi connectivity index (χ3n) is 3.48. The van der Waals surface area contributed by atoms with Crippen LogP contribution < -0.4 is 5.32 Å². The first kappa shape index (κ1) is 11.4. The molecule has 2 aromatic rings. The van der Waals surface area contributed by atoms with Crippen molar-refractivity contribution in [3.8, 4) is 0 Å². The van der Waals surface area contributed by atoms with Gasteiger partial charge in [-0.15, -0.1) is 0 Å². The first-order valence-electron chi connectivity index (χ1n) is 6.13. The fourth-order valence-electron chi connectivity index (χ4n) is 2.47. The van der Waals surface area contributed by atoms with E-state index in [9.17, 15) is 0 Å². The summed E-state index contributed by atoms with van der Waals surface area (Å²) in [5.41, 5.74) is 3.83. The molecule has 1 unspecified atom stereocenters. The van der Waals surface area contributed by atoms with Crippen LogP contribution in [0.2, 0.25) is 0 Å².